The molecule has 2 N–H and O–H groups in total. The number of fused-ring (bicyclic) bond motifs is 1. The minimum absolute atomic E-state index is 0.0897. The molecule has 0 bridgehead atoms. The minimum atomic E-state index is -1.01. The zero-order valence-corrected chi connectivity index (χ0v) is 21.2. The number of ether oxygens (including phenoxy) is 1. The standard InChI is InChI=1S/C25H36F2N4O4/c1-14(28-6)23(33)29-22(25(3,4)5)24(34)30-10-9-20-21(30)16(12-31(20)15(2)32)13-35-17-7-8-18(26)19(27)11-17/h7-8,11,14,16,20-22,28H,9-10,12-13H2,1-6H3,(H,29,33)/t14-,16+,20+,21+,22?/m0/s1. The molecule has 10 heteroatoms. The molecule has 1 aromatic carbocycles. The molecule has 0 spiro atoms. The molecule has 8 nitrogen and oxygen atoms in total. The summed E-state index contributed by atoms with van der Waals surface area (Å²) in [5.74, 6) is -2.58. The summed E-state index contributed by atoms with van der Waals surface area (Å²) in [7, 11) is 1.68. The number of hydrogen-bond acceptors (Lipinski definition) is 5. The van der Waals surface area contributed by atoms with Gasteiger partial charge in [-0.1, -0.05) is 20.8 Å². The highest BCUT2D eigenvalue weighted by Gasteiger charge is 2.53. The van der Waals surface area contributed by atoms with Crippen LogP contribution in [0, 0.1) is 23.0 Å². The van der Waals surface area contributed by atoms with E-state index in [2.05, 4.69) is 10.6 Å². The summed E-state index contributed by atoms with van der Waals surface area (Å²) in [4.78, 5) is 42.3. The van der Waals surface area contributed by atoms with Crippen molar-refractivity contribution in [3.63, 3.8) is 0 Å². The molecule has 2 aliphatic heterocycles. The molecular formula is C25H36F2N4O4. The van der Waals surface area contributed by atoms with Crippen LogP contribution < -0.4 is 15.4 Å². The van der Waals surface area contributed by atoms with Gasteiger partial charge < -0.3 is 25.2 Å². The molecule has 0 aromatic heterocycles. The second kappa shape index (κ2) is 10.5. The lowest BCUT2D eigenvalue weighted by Crippen LogP contribution is -2.59. The molecule has 0 aliphatic carbocycles. The number of rotatable bonds is 7. The molecule has 1 unspecified atom stereocenters. The van der Waals surface area contributed by atoms with E-state index in [4.69, 9.17) is 4.74 Å². The van der Waals surface area contributed by atoms with Gasteiger partial charge in [-0.2, -0.15) is 0 Å². The predicted octanol–water partition coefficient (Wildman–Crippen LogP) is 1.93. The van der Waals surface area contributed by atoms with E-state index in [-0.39, 0.29) is 48.1 Å². The van der Waals surface area contributed by atoms with Gasteiger partial charge in [0.15, 0.2) is 11.6 Å². The molecule has 35 heavy (non-hydrogen) atoms. The van der Waals surface area contributed by atoms with Gasteiger partial charge in [-0.15, -0.1) is 0 Å². The number of hydrogen-bond donors (Lipinski definition) is 2. The van der Waals surface area contributed by atoms with E-state index in [9.17, 15) is 23.2 Å². The Kier molecular flexibility index (Phi) is 8.03. The molecule has 3 rings (SSSR count). The van der Waals surface area contributed by atoms with Gasteiger partial charge in [0.1, 0.15) is 11.8 Å². The van der Waals surface area contributed by atoms with E-state index in [0.717, 1.165) is 12.1 Å². The van der Waals surface area contributed by atoms with Crippen LogP contribution in [0.4, 0.5) is 8.78 Å². The zero-order chi connectivity index (χ0) is 26.1. The number of nitrogens with zero attached hydrogens (tertiary/aromatic N) is 2. The van der Waals surface area contributed by atoms with Gasteiger partial charge in [-0.05, 0) is 37.9 Å². The van der Waals surface area contributed by atoms with Crippen LogP contribution in [-0.4, -0.2) is 78.4 Å². The van der Waals surface area contributed by atoms with Crippen molar-refractivity contribution in [3.05, 3.63) is 29.8 Å². The maximum atomic E-state index is 13.8. The SMILES string of the molecule is CN[C@@H](C)C(=O)NC(C(=O)N1CC[C@@H]2[C@H]1[C@@H](COc1ccc(F)c(F)c1)CN2C(C)=O)C(C)(C)C. The second-order valence-electron chi connectivity index (χ2n) is 10.5. The average molecular weight is 495 g/mol. The Hall–Kier alpha value is -2.75. The first-order valence-electron chi connectivity index (χ1n) is 12.0. The molecule has 1 aromatic rings. The topological polar surface area (TPSA) is 91.0 Å². The van der Waals surface area contributed by atoms with Crippen LogP contribution in [0.15, 0.2) is 18.2 Å². The van der Waals surface area contributed by atoms with Crippen LogP contribution in [-0.2, 0) is 14.4 Å². The van der Waals surface area contributed by atoms with Gasteiger partial charge >= 0.3 is 0 Å². The predicted molar refractivity (Wildman–Crippen MR) is 127 cm³/mol. The summed E-state index contributed by atoms with van der Waals surface area (Å²) in [6.45, 7) is 9.87. The Balaban J connectivity index is 1.83. The van der Waals surface area contributed by atoms with E-state index in [1.54, 1.807) is 23.8 Å². The Labute approximate surface area is 205 Å². The smallest absolute Gasteiger partial charge is 0.246 e. The third kappa shape index (κ3) is 5.74. The van der Waals surface area contributed by atoms with Crippen LogP contribution in [0.1, 0.15) is 41.0 Å². The van der Waals surface area contributed by atoms with E-state index < -0.39 is 29.1 Å². The largest absolute Gasteiger partial charge is 0.493 e. The van der Waals surface area contributed by atoms with Crippen molar-refractivity contribution < 1.29 is 27.9 Å². The summed E-state index contributed by atoms with van der Waals surface area (Å²) in [5, 5.41) is 5.78. The maximum absolute atomic E-state index is 13.8. The summed E-state index contributed by atoms with van der Waals surface area (Å²) in [6.07, 6.45) is 0.620. The van der Waals surface area contributed by atoms with Crippen LogP contribution in [0.5, 0.6) is 5.75 Å². The van der Waals surface area contributed by atoms with Gasteiger partial charge in [0.25, 0.3) is 0 Å². The number of carbonyl (C=O) groups is 3. The highest BCUT2D eigenvalue weighted by Crippen LogP contribution is 2.37. The number of benzene rings is 1. The second-order valence-corrected chi connectivity index (χ2v) is 10.5. The van der Waals surface area contributed by atoms with Crippen molar-refractivity contribution >= 4 is 17.7 Å². The lowest BCUT2D eigenvalue weighted by Gasteiger charge is -2.37. The van der Waals surface area contributed by atoms with Gasteiger partial charge in [0.2, 0.25) is 17.7 Å². The van der Waals surface area contributed by atoms with Crippen molar-refractivity contribution in [2.45, 2.75) is 65.2 Å². The van der Waals surface area contributed by atoms with Crippen LogP contribution in [0.25, 0.3) is 0 Å². The van der Waals surface area contributed by atoms with E-state index in [1.165, 1.54) is 13.0 Å². The summed E-state index contributed by atoms with van der Waals surface area (Å²) < 4.78 is 32.7. The average Bonchev–Trinajstić information content (AvgIpc) is 3.37. The third-order valence-electron chi connectivity index (χ3n) is 7.00. The van der Waals surface area contributed by atoms with Gasteiger partial charge in [-0.25, -0.2) is 8.78 Å². The molecule has 3 amide bonds. The van der Waals surface area contributed by atoms with Crippen molar-refractivity contribution in [1.82, 2.24) is 20.4 Å². The first kappa shape index (κ1) is 26.8. The van der Waals surface area contributed by atoms with Gasteiger partial charge in [0, 0.05) is 32.0 Å². The molecule has 0 saturated carbocycles. The fraction of sp³-hybridized carbons (Fsp3) is 0.640. The van der Waals surface area contributed by atoms with Crippen molar-refractivity contribution in [2.75, 3.05) is 26.7 Å². The maximum Gasteiger partial charge on any atom is 0.246 e. The highest BCUT2D eigenvalue weighted by molar-refractivity contribution is 5.90. The number of nitrogens with one attached hydrogen (secondary N) is 2. The Bertz CT molecular complexity index is 967. The van der Waals surface area contributed by atoms with Gasteiger partial charge in [-0.3, -0.25) is 14.4 Å². The monoisotopic (exact) mass is 494 g/mol. The molecule has 5 atom stereocenters. The molecule has 2 heterocycles. The lowest BCUT2D eigenvalue weighted by atomic mass is 9.85. The van der Waals surface area contributed by atoms with Crippen LogP contribution in [0.3, 0.4) is 0 Å². The quantitative estimate of drug-likeness (QED) is 0.605. The zero-order valence-electron chi connectivity index (χ0n) is 21.2. The van der Waals surface area contributed by atoms with E-state index in [0.29, 0.717) is 19.5 Å². The lowest BCUT2D eigenvalue weighted by molar-refractivity contribution is -0.141. The number of likely N-dealkylation sites (tertiary alicyclic amines) is 2. The molecule has 0 radical (unpaired) electrons. The summed E-state index contributed by atoms with van der Waals surface area (Å²) in [6, 6.07) is 1.63. The van der Waals surface area contributed by atoms with Crippen molar-refractivity contribution in [2.24, 2.45) is 11.3 Å². The van der Waals surface area contributed by atoms with Crippen LogP contribution >= 0.6 is 0 Å². The number of halogens is 2. The number of likely N-dealkylation sites (N-methyl/N-ethyl adjacent to an activating group) is 1. The number of carbonyl (C=O) groups excluding carboxylic acids is 3. The molecule has 2 aliphatic rings. The first-order chi connectivity index (χ1) is 16.3. The molecular weight excluding hydrogens is 458 g/mol. The van der Waals surface area contributed by atoms with Crippen molar-refractivity contribution in [1.29, 1.82) is 0 Å². The van der Waals surface area contributed by atoms with E-state index >= 15 is 0 Å². The third-order valence-corrected chi connectivity index (χ3v) is 7.00. The fourth-order valence-electron chi connectivity index (χ4n) is 4.96. The van der Waals surface area contributed by atoms with E-state index in [1.807, 2.05) is 20.8 Å². The first-order valence-corrected chi connectivity index (χ1v) is 12.0. The van der Waals surface area contributed by atoms with Crippen molar-refractivity contribution in [3.8, 4) is 5.75 Å². The van der Waals surface area contributed by atoms with Crippen LogP contribution in [0.2, 0.25) is 0 Å². The van der Waals surface area contributed by atoms with Gasteiger partial charge in [0.05, 0.1) is 24.7 Å². The Morgan fingerprint density at radius 1 is 1.17 bits per heavy atom. The Morgan fingerprint density at radius 3 is 2.43 bits per heavy atom. The highest BCUT2D eigenvalue weighted by atomic mass is 19.2. The number of amides is 3. The minimum Gasteiger partial charge on any atom is -0.493 e. The fourth-order valence-corrected chi connectivity index (χ4v) is 4.96. The molecule has 194 valence electrons. The summed E-state index contributed by atoms with van der Waals surface area (Å²) in [5.41, 5.74) is -0.547. The summed E-state index contributed by atoms with van der Waals surface area (Å²) >= 11 is 0. The molecule has 2 fully saturated rings. The Morgan fingerprint density at radius 2 is 1.86 bits per heavy atom. The normalized spacial score (nSPS) is 23.6. The molecule has 2 saturated heterocycles.